The number of hydrogen-bond acceptors (Lipinski definition) is 10. The van der Waals surface area contributed by atoms with Crippen molar-refractivity contribution in [1.29, 1.82) is 0 Å². The van der Waals surface area contributed by atoms with E-state index >= 15 is 0 Å². The number of sulfonamides is 1. The zero-order chi connectivity index (χ0) is 32.5. The van der Waals surface area contributed by atoms with Gasteiger partial charge in [-0.2, -0.15) is 9.37 Å². The Morgan fingerprint density at radius 3 is 2.11 bits per heavy atom. The van der Waals surface area contributed by atoms with E-state index in [9.17, 15) is 38.1 Å². The minimum Gasteiger partial charge on any atom is -0.444 e. The Morgan fingerprint density at radius 2 is 1.50 bits per heavy atom. The molecule has 0 radical (unpaired) electrons. The number of fused-ring (bicyclic) bond motifs is 1. The van der Waals surface area contributed by atoms with Crippen molar-refractivity contribution in [3.8, 4) is 0 Å². The average molecular weight is 634 g/mol. The number of rotatable bonds is 16. The summed E-state index contributed by atoms with van der Waals surface area (Å²) < 4.78 is 33.4. The van der Waals surface area contributed by atoms with Crippen molar-refractivity contribution in [3.63, 3.8) is 0 Å². The fourth-order valence-electron chi connectivity index (χ4n) is 4.63. The zero-order valence-corrected chi connectivity index (χ0v) is 25.9. The van der Waals surface area contributed by atoms with Gasteiger partial charge in [-0.25, -0.2) is 13.2 Å². The van der Waals surface area contributed by atoms with Crippen molar-refractivity contribution in [3.05, 3.63) is 69.8 Å². The quantitative estimate of drug-likeness (QED) is 0.120. The summed E-state index contributed by atoms with van der Waals surface area (Å²) in [6.45, 7) is 5.75. The van der Waals surface area contributed by atoms with Gasteiger partial charge >= 0.3 is 6.09 Å². The second-order valence-electron chi connectivity index (χ2n) is 11.2. The van der Waals surface area contributed by atoms with Gasteiger partial charge in [0.05, 0.1) is 16.1 Å². The number of para-hydroxylation sites is 1. The third-order valence-electron chi connectivity index (χ3n) is 6.68. The van der Waals surface area contributed by atoms with Crippen LogP contribution >= 0.6 is 0 Å². The zero-order valence-electron chi connectivity index (χ0n) is 25.1. The van der Waals surface area contributed by atoms with Crippen LogP contribution in [0.3, 0.4) is 0 Å². The van der Waals surface area contributed by atoms with Gasteiger partial charge in [-0.1, -0.05) is 24.3 Å². The van der Waals surface area contributed by atoms with Gasteiger partial charge in [-0.05, 0) is 64.7 Å². The molecule has 1 aliphatic heterocycles. The number of nitro benzene ring substituents is 1. The first kappa shape index (κ1) is 34.6. The van der Waals surface area contributed by atoms with Gasteiger partial charge in [-0.15, -0.1) is 0 Å². The van der Waals surface area contributed by atoms with Crippen molar-refractivity contribution in [2.24, 2.45) is 0 Å². The Labute approximate surface area is 256 Å². The standard InChI is InChI=1S/C29H39N5O9S/c1-29(2,3)43-28(37)30-16-8-9-19-32(44(41,42)25-15-7-6-14-24(25)34(39)40)20-10-17-31(38)18-11-21-33-26(35)22-12-4-5-13-23(22)27(33)36/h4-7,12-15,38H,8-11,16-21H2,1-3H3,(H,30,37). The summed E-state index contributed by atoms with van der Waals surface area (Å²) in [7, 11) is -4.27. The second-order valence-corrected chi connectivity index (χ2v) is 13.1. The molecule has 15 heteroatoms. The van der Waals surface area contributed by atoms with E-state index in [0.29, 0.717) is 30.4 Å². The van der Waals surface area contributed by atoms with E-state index in [1.54, 1.807) is 45.0 Å². The molecule has 14 nitrogen and oxygen atoms in total. The van der Waals surface area contributed by atoms with Gasteiger partial charge in [0.2, 0.25) is 10.0 Å². The van der Waals surface area contributed by atoms with Crippen LogP contribution in [0.4, 0.5) is 10.5 Å². The highest BCUT2D eigenvalue weighted by Crippen LogP contribution is 2.27. The van der Waals surface area contributed by atoms with Gasteiger partial charge < -0.3 is 15.3 Å². The molecule has 0 saturated carbocycles. The summed E-state index contributed by atoms with van der Waals surface area (Å²) in [5.74, 6) is -0.764. The molecule has 2 aromatic rings. The highest BCUT2D eigenvalue weighted by molar-refractivity contribution is 7.89. The summed E-state index contributed by atoms with van der Waals surface area (Å²) in [6.07, 6.45) is 0.669. The lowest BCUT2D eigenvalue weighted by molar-refractivity contribution is -0.387. The number of hydroxylamine groups is 2. The molecule has 0 atom stereocenters. The van der Waals surface area contributed by atoms with E-state index in [1.165, 1.54) is 18.2 Å². The summed E-state index contributed by atoms with van der Waals surface area (Å²) in [5, 5.41) is 25.5. The lowest BCUT2D eigenvalue weighted by Gasteiger charge is -2.24. The number of carbonyl (C=O) groups is 3. The Hall–Kier alpha value is -3.92. The molecular weight excluding hydrogens is 594 g/mol. The van der Waals surface area contributed by atoms with Crippen molar-refractivity contribution in [2.45, 2.75) is 57.0 Å². The van der Waals surface area contributed by atoms with Crippen LogP contribution in [0.5, 0.6) is 0 Å². The topological polar surface area (TPSA) is 180 Å². The number of nitrogens with one attached hydrogen (secondary N) is 1. The van der Waals surface area contributed by atoms with Crippen molar-refractivity contribution < 1.29 is 37.7 Å². The van der Waals surface area contributed by atoms with E-state index in [0.717, 1.165) is 20.3 Å². The number of alkyl carbamates (subject to hydrolysis) is 1. The average Bonchev–Trinajstić information content (AvgIpc) is 3.20. The maximum atomic E-state index is 13.5. The maximum absolute atomic E-state index is 13.5. The first-order valence-corrected chi connectivity index (χ1v) is 15.8. The molecule has 0 aliphatic carbocycles. The highest BCUT2D eigenvalue weighted by atomic mass is 32.2. The van der Waals surface area contributed by atoms with Gasteiger partial charge in [0.25, 0.3) is 17.5 Å². The van der Waals surface area contributed by atoms with Crippen LogP contribution in [0.25, 0.3) is 0 Å². The molecule has 0 saturated heterocycles. The van der Waals surface area contributed by atoms with E-state index in [1.807, 2.05) is 0 Å². The number of imide groups is 1. The summed E-state index contributed by atoms with van der Waals surface area (Å²) in [5.41, 5.74) is -0.506. The first-order valence-electron chi connectivity index (χ1n) is 14.3. The first-order chi connectivity index (χ1) is 20.7. The van der Waals surface area contributed by atoms with Crippen LogP contribution in [0, 0.1) is 10.1 Å². The molecule has 1 heterocycles. The molecule has 240 valence electrons. The number of unbranched alkanes of at least 4 members (excludes halogenated alkanes) is 1. The number of amides is 3. The van der Waals surface area contributed by atoms with E-state index < -0.39 is 37.2 Å². The number of carbonyl (C=O) groups excluding carboxylic acids is 3. The van der Waals surface area contributed by atoms with Gasteiger partial charge in [0.15, 0.2) is 4.90 Å². The molecule has 2 N–H and O–H groups in total. The third-order valence-corrected chi connectivity index (χ3v) is 8.63. The van der Waals surface area contributed by atoms with E-state index in [2.05, 4.69) is 5.32 Å². The molecular formula is C29H39N5O9S. The number of nitrogens with zero attached hydrogens (tertiary/aromatic N) is 4. The molecule has 0 aromatic heterocycles. The fourth-order valence-corrected chi connectivity index (χ4v) is 6.30. The smallest absolute Gasteiger partial charge is 0.407 e. The molecule has 0 unspecified atom stereocenters. The van der Waals surface area contributed by atoms with Crippen LogP contribution < -0.4 is 5.32 Å². The summed E-state index contributed by atoms with van der Waals surface area (Å²) >= 11 is 0. The Morgan fingerprint density at radius 1 is 0.932 bits per heavy atom. The normalized spacial score (nSPS) is 13.5. The van der Waals surface area contributed by atoms with Crippen molar-refractivity contribution >= 4 is 33.6 Å². The minimum atomic E-state index is -4.27. The Kier molecular flexibility index (Phi) is 11.9. The molecule has 1 aliphatic rings. The summed E-state index contributed by atoms with van der Waals surface area (Å²) in [4.78, 5) is 48.4. The predicted octanol–water partition coefficient (Wildman–Crippen LogP) is 3.66. The van der Waals surface area contributed by atoms with E-state index in [-0.39, 0.29) is 57.5 Å². The largest absolute Gasteiger partial charge is 0.444 e. The molecule has 0 fully saturated rings. The molecule has 0 bridgehead atoms. The number of hydrogen-bond donors (Lipinski definition) is 2. The lowest BCUT2D eigenvalue weighted by Crippen LogP contribution is -2.36. The van der Waals surface area contributed by atoms with Crippen LogP contribution in [-0.2, 0) is 14.8 Å². The Balaban J connectivity index is 1.55. The maximum Gasteiger partial charge on any atom is 0.407 e. The van der Waals surface area contributed by atoms with Crippen LogP contribution in [-0.4, -0.2) is 95.6 Å². The number of ether oxygens (including phenoxy) is 1. The number of benzene rings is 2. The van der Waals surface area contributed by atoms with Crippen LogP contribution in [0.2, 0.25) is 0 Å². The third kappa shape index (κ3) is 9.29. The van der Waals surface area contributed by atoms with Gasteiger partial charge in [-0.3, -0.25) is 24.6 Å². The molecule has 3 rings (SSSR count). The second kappa shape index (κ2) is 15.2. The molecule has 0 spiro atoms. The monoisotopic (exact) mass is 633 g/mol. The number of nitro groups is 1. The van der Waals surface area contributed by atoms with Gasteiger partial charge in [0, 0.05) is 45.3 Å². The minimum absolute atomic E-state index is 0.0234. The Bertz CT molecular complexity index is 1420. The molecule has 3 amide bonds. The van der Waals surface area contributed by atoms with Crippen LogP contribution in [0.1, 0.15) is 67.2 Å². The highest BCUT2D eigenvalue weighted by Gasteiger charge is 2.35. The van der Waals surface area contributed by atoms with Crippen LogP contribution in [0.15, 0.2) is 53.4 Å². The fraction of sp³-hybridized carbons (Fsp3) is 0.483. The van der Waals surface area contributed by atoms with Crippen molar-refractivity contribution in [1.82, 2.24) is 19.6 Å². The van der Waals surface area contributed by atoms with Gasteiger partial charge in [0.1, 0.15) is 5.60 Å². The molecule has 2 aromatic carbocycles. The van der Waals surface area contributed by atoms with E-state index in [4.69, 9.17) is 4.74 Å². The molecule has 44 heavy (non-hydrogen) atoms. The van der Waals surface area contributed by atoms with Crippen molar-refractivity contribution in [2.75, 3.05) is 39.3 Å². The lowest BCUT2D eigenvalue weighted by atomic mass is 10.1. The SMILES string of the molecule is CC(C)(C)OC(=O)NCCCCN(CCCN(O)CCCN1C(=O)c2ccccc2C1=O)S(=O)(=O)c1ccccc1[N+](=O)[O-]. The predicted molar refractivity (Wildman–Crippen MR) is 160 cm³/mol. The summed E-state index contributed by atoms with van der Waals surface area (Å²) in [6, 6.07) is 11.7.